The average Bonchev–Trinajstić information content (AvgIpc) is 3.70. The zero-order chi connectivity index (χ0) is 63.5. The molecule has 1 amide bonds. The minimum absolute atomic E-state index is 0.0271. The van der Waals surface area contributed by atoms with Crippen molar-refractivity contribution >= 4 is 19.7 Å². The number of unbranched alkanes of at least 4 members (excludes halogenated alkanes) is 36. The van der Waals surface area contributed by atoms with Crippen LogP contribution in [0.2, 0.25) is 0 Å². The van der Waals surface area contributed by atoms with Crippen molar-refractivity contribution in [2.75, 3.05) is 40.9 Å². The Balaban J connectivity index is 5.02. The minimum atomic E-state index is -4.71. The maximum Gasteiger partial charge on any atom is 0.306 e. The van der Waals surface area contributed by atoms with Crippen LogP contribution in [0.3, 0.4) is 0 Å². The summed E-state index contributed by atoms with van der Waals surface area (Å²) in [6.45, 7) is 6.80. The first-order chi connectivity index (χ1) is 42.4. The number of allylic oxidation sites excluding steroid dienone is 15. The highest BCUT2D eigenvalue weighted by atomic mass is 31.2. The van der Waals surface area contributed by atoms with E-state index in [0.29, 0.717) is 17.4 Å². The number of hydrogen-bond acceptors (Lipinski definition) is 7. The van der Waals surface area contributed by atoms with Crippen LogP contribution >= 0.6 is 7.82 Å². The van der Waals surface area contributed by atoms with Crippen LogP contribution in [-0.2, 0) is 27.9 Å². The van der Waals surface area contributed by atoms with Gasteiger partial charge in [-0.2, -0.15) is 0 Å². The van der Waals surface area contributed by atoms with Crippen molar-refractivity contribution in [3.05, 3.63) is 97.2 Å². The summed E-state index contributed by atoms with van der Waals surface area (Å²) in [4.78, 5) is 40.2. The third-order valence-corrected chi connectivity index (χ3v) is 17.0. The lowest BCUT2D eigenvalue weighted by Gasteiger charge is -2.30. The normalized spacial score (nSPS) is 14.1. The number of phosphoric ester groups is 1. The molecular weight excluding hydrogens is 1100 g/mol. The molecule has 0 rings (SSSR count). The van der Waals surface area contributed by atoms with Crippen LogP contribution < -0.4 is 10.2 Å². The summed E-state index contributed by atoms with van der Waals surface area (Å²) in [7, 11) is 1.18. The molecule has 0 spiro atoms. The zero-order valence-corrected chi connectivity index (χ0v) is 58.6. The number of nitrogens with zero attached hydrogens (tertiary/aromatic N) is 1. The molecule has 10 heteroatoms. The van der Waals surface area contributed by atoms with Gasteiger partial charge in [-0.25, -0.2) is 0 Å². The Labute approximate surface area is 538 Å². The van der Waals surface area contributed by atoms with Crippen LogP contribution in [0.1, 0.15) is 329 Å². The number of esters is 1. The Bertz CT molecular complexity index is 1810. The maximum atomic E-state index is 13.6. The smallest absolute Gasteiger partial charge is 0.306 e. The predicted octanol–water partition coefficient (Wildman–Crippen LogP) is 22.8. The summed E-state index contributed by atoms with van der Waals surface area (Å²) in [5.74, 6) is -0.546. The highest BCUT2D eigenvalue weighted by Crippen LogP contribution is 2.38. The van der Waals surface area contributed by atoms with Crippen molar-refractivity contribution in [3.63, 3.8) is 0 Å². The fraction of sp³-hybridized carbons (Fsp3) is 0.766. The van der Waals surface area contributed by atoms with Crippen molar-refractivity contribution in [2.45, 2.75) is 341 Å². The molecule has 0 aliphatic rings. The Kier molecular flexibility index (Phi) is 63.5. The lowest BCUT2D eigenvalue weighted by atomic mass is 10.0. The molecule has 0 saturated heterocycles. The molecule has 0 aliphatic carbocycles. The molecule has 1 N–H and O–H groups in total. The standard InChI is InChI=1S/C77H139N2O7P/c1-7-10-13-16-19-22-25-27-29-31-33-35-37-39-41-43-45-47-49-51-54-57-60-63-66-69-76(80)78-74(73-85-87(82,83)84-72-71-79(4,5)6)75(68-65-62-59-56-53-24-21-18-15-12-9-3)86-77(81)70-67-64-61-58-55-52-50-48-46-44-42-40-38-36-34-32-30-28-26-23-20-17-14-11-8-2/h19-20,22-23,27-30,33-36,39,41,65,68,74-75H,7-18,21,24-26,31-32,37-38,40,42-64,66-67,69-73H2,1-6H3,(H-,78,80,82,83)/b22-19-,23-20-,29-27-,30-28-,35-33-,36-34-,41-39-,68-65+. The van der Waals surface area contributed by atoms with E-state index in [4.69, 9.17) is 13.8 Å². The third-order valence-electron chi connectivity index (χ3n) is 16.0. The quantitative estimate of drug-likeness (QED) is 0.0212. The van der Waals surface area contributed by atoms with Gasteiger partial charge in [0.2, 0.25) is 5.91 Å². The average molecular weight is 1240 g/mol. The molecule has 0 aromatic carbocycles. The van der Waals surface area contributed by atoms with Gasteiger partial charge in [0.25, 0.3) is 7.82 Å². The highest BCUT2D eigenvalue weighted by molar-refractivity contribution is 7.45. The number of phosphoric acid groups is 1. The molecule has 3 atom stereocenters. The van der Waals surface area contributed by atoms with Crippen LogP contribution in [-0.4, -0.2) is 69.4 Å². The first kappa shape index (κ1) is 83.9. The van der Waals surface area contributed by atoms with Crippen LogP contribution in [0.4, 0.5) is 0 Å². The zero-order valence-electron chi connectivity index (χ0n) is 57.7. The molecule has 0 heterocycles. The van der Waals surface area contributed by atoms with Gasteiger partial charge < -0.3 is 28.5 Å². The summed E-state index contributed by atoms with van der Waals surface area (Å²) in [6.07, 6.45) is 89.6. The van der Waals surface area contributed by atoms with Gasteiger partial charge in [-0.15, -0.1) is 0 Å². The van der Waals surface area contributed by atoms with Crippen LogP contribution in [0, 0.1) is 0 Å². The van der Waals surface area contributed by atoms with Crippen molar-refractivity contribution in [1.29, 1.82) is 0 Å². The molecule has 0 saturated carbocycles. The van der Waals surface area contributed by atoms with Crippen LogP contribution in [0.5, 0.6) is 0 Å². The molecule has 3 unspecified atom stereocenters. The van der Waals surface area contributed by atoms with E-state index < -0.39 is 26.6 Å². The Morgan fingerprint density at radius 2 is 0.701 bits per heavy atom. The van der Waals surface area contributed by atoms with E-state index in [1.54, 1.807) is 0 Å². The second kappa shape index (κ2) is 65.9. The van der Waals surface area contributed by atoms with E-state index in [0.717, 1.165) is 103 Å². The number of quaternary nitrogens is 1. The van der Waals surface area contributed by atoms with E-state index >= 15 is 0 Å². The summed E-state index contributed by atoms with van der Waals surface area (Å²) in [5, 5.41) is 3.04. The van der Waals surface area contributed by atoms with E-state index in [-0.39, 0.29) is 24.9 Å². The van der Waals surface area contributed by atoms with Gasteiger partial charge in [-0.05, 0) is 115 Å². The molecule has 0 aromatic rings. The molecule has 0 aliphatic heterocycles. The monoisotopic (exact) mass is 1240 g/mol. The van der Waals surface area contributed by atoms with Gasteiger partial charge >= 0.3 is 5.97 Å². The Morgan fingerprint density at radius 1 is 0.402 bits per heavy atom. The summed E-state index contributed by atoms with van der Waals surface area (Å²) >= 11 is 0. The molecule has 0 radical (unpaired) electrons. The predicted molar refractivity (Wildman–Crippen MR) is 376 cm³/mol. The van der Waals surface area contributed by atoms with Gasteiger partial charge in [-0.1, -0.05) is 298 Å². The van der Waals surface area contributed by atoms with Crippen LogP contribution in [0.25, 0.3) is 0 Å². The summed E-state index contributed by atoms with van der Waals surface area (Å²) in [6, 6.07) is -0.898. The fourth-order valence-corrected chi connectivity index (χ4v) is 11.1. The molecule has 0 aromatic heterocycles. The number of carbonyl (C=O) groups is 2. The maximum absolute atomic E-state index is 13.6. The van der Waals surface area contributed by atoms with Crippen molar-refractivity contribution in [3.8, 4) is 0 Å². The molecule has 0 bridgehead atoms. The molecule has 9 nitrogen and oxygen atoms in total. The second-order valence-corrected chi connectivity index (χ2v) is 27.1. The number of carbonyl (C=O) groups excluding carboxylic acids is 2. The largest absolute Gasteiger partial charge is 0.756 e. The minimum Gasteiger partial charge on any atom is -0.756 e. The van der Waals surface area contributed by atoms with Crippen molar-refractivity contribution in [1.82, 2.24) is 5.32 Å². The molecule has 87 heavy (non-hydrogen) atoms. The number of nitrogens with one attached hydrogen (secondary N) is 1. The molecule has 504 valence electrons. The van der Waals surface area contributed by atoms with Crippen molar-refractivity contribution < 1.29 is 37.3 Å². The van der Waals surface area contributed by atoms with E-state index in [2.05, 4.69) is 111 Å². The van der Waals surface area contributed by atoms with Crippen molar-refractivity contribution in [2.24, 2.45) is 0 Å². The van der Waals surface area contributed by atoms with Gasteiger partial charge in [0.05, 0.1) is 33.8 Å². The number of ether oxygens (including phenoxy) is 1. The Morgan fingerprint density at radius 3 is 1.07 bits per heavy atom. The number of hydrogen-bond donors (Lipinski definition) is 1. The second-order valence-electron chi connectivity index (χ2n) is 25.7. The number of likely N-dealkylation sites (N-methyl/N-ethyl adjacent to an activating group) is 1. The lowest BCUT2D eigenvalue weighted by Crippen LogP contribution is -2.47. The SMILES string of the molecule is CCCCC/C=C\C/C=C\C/C=C\C/C=C\CCCCCCCCCCCC(=O)NC(COP(=O)([O-])OCC[N+](C)(C)C)C(/C=C/CCCCCCCCCCC)OC(=O)CCCCCCCCCCCCCC/C=C\C/C=C\C/C=C\CCCCC. The summed E-state index contributed by atoms with van der Waals surface area (Å²) < 4.78 is 30.4. The van der Waals surface area contributed by atoms with E-state index in [1.165, 1.54) is 193 Å². The molecule has 0 fully saturated rings. The van der Waals surface area contributed by atoms with Gasteiger partial charge in [0.1, 0.15) is 19.3 Å². The first-order valence-corrected chi connectivity index (χ1v) is 38.0. The Hall–Kier alpha value is -3.07. The lowest BCUT2D eigenvalue weighted by molar-refractivity contribution is -0.870. The number of amides is 1. The topological polar surface area (TPSA) is 114 Å². The van der Waals surface area contributed by atoms with Crippen LogP contribution in [0.15, 0.2) is 97.2 Å². The number of rotatable bonds is 66. The molecular formula is C77H139N2O7P. The van der Waals surface area contributed by atoms with E-state index in [9.17, 15) is 19.0 Å². The van der Waals surface area contributed by atoms with Gasteiger partial charge in [0, 0.05) is 12.8 Å². The van der Waals surface area contributed by atoms with E-state index in [1.807, 2.05) is 33.3 Å². The fourth-order valence-electron chi connectivity index (χ4n) is 10.3. The van der Waals surface area contributed by atoms with Gasteiger partial charge in [0.15, 0.2) is 0 Å². The summed E-state index contributed by atoms with van der Waals surface area (Å²) in [5.41, 5.74) is 0. The third kappa shape index (κ3) is 67.2. The van der Waals surface area contributed by atoms with Gasteiger partial charge in [-0.3, -0.25) is 14.2 Å². The highest BCUT2D eigenvalue weighted by Gasteiger charge is 2.27. The first-order valence-electron chi connectivity index (χ1n) is 36.5.